The number of carbonyl (C=O) groups excluding carboxylic acids is 1. The first-order chi connectivity index (χ1) is 12.8. The summed E-state index contributed by atoms with van der Waals surface area (Å²) in [5, 5.41) is 13.6. The van der Waals surface area contributed by atoms with E-state index < -0.39 is 0 Å². The van der Waals surface area contributed by atoms with Crippen molar-refractivity contribution in [2.24, 2.45) is 0 Å². The van der Waals surface area contributed by atoms with Crippen molar-refractivity contribution in [3.8, 4) is 0 Å². The Bertz CT molecular complexity index is 974. The summed E-state index contributed by atoms with van der Waals surface area (Å²) >= 11 is 9.70. The molecule has 3 heterocycles. The third kappa shape index (κ3) is 3.93. The highest BCUT2D eigenvalue weighted by Gasteiger charge is 2.19. The maximum absolute atomic E-state index is 12.7. The van der Waals surface area contributed by atoms with E-state index in [9.17, 15) is 4.79 Å². The molecule has 0 unspecified atom stereocenters. The molecule has 0 bridgehead atoms. The first kappa shape index (κ1) is 19.6. The molecule has 0 aliphatic heterocycles. The van der Waals surface area contributed by atoms with Crippen LogP contribution in [0.2, 0.25) is 5.02 Å². The number of halogens is 2. The second kappa shape index (κ2) is 7.85. The monoisotopic (exact) mass is 453 g/mol. The molecule has 0 spiro atoms. The van der Waals surface area contributed by atoms with E-state index in [1.807, 2.05) is 25.5 Å². The Morgan fingerprint density at radius 3 is 2.67 bits per heavy atom. The van der Waals surface area contributed by atoms with Crippen molar-refractivity contribution >= 4 is 33.4 Å². The molecule has 8 nitrogen and oxygen atoms in total. The molecule has 3 aromatic rings. The molecule has 144 valence electrons. The maximum atomic E-state index is 12.7. The van der Waals surface area contributed by atoms with Crippen LogP contribution in [0.25, 0.3) is 0 Å². The SMILES string of the molecule is CCn1ncc(Cl)c1CN(C)C(=O)c1ccn(Cn2nc(C)c(Br)c2C)n1. The van der Waals surface area contributed by atoms with Crippen molar-refractivity contribution in [1.29, 1.82) is 0 Å². The Kier molecular flexibility index (Phi) is 5.71. The van der Waals surface area contributed by atoms with E-state index in [0.29, 0.717) is 30.5 Å². The lowest BCUT2D eigenvalue weighted by Crippen LogP contribution is -2.28. The Hall–Kier alpha value is -2.13. The summed E-state index contributed by atoms with van der Waals surface area (Å²) in [6, 6.07) is 1.71. The van der Waals surface area contributed by atoms with Crippen LogP contribution in [0.3, 0.4) is 0 Å². The lowest BCUT2D eigenvalue weighted by atomic mass is 10.3. The summed E-state index contributed by atoms with van der Waals surface area (Å²) < 4.78 is 6.29. The van der Waals surface area contributed by atoms with Crippen molar-refractivity contribution in [1.82, 2.24) is 34.2 Å². The largest absolute Gasteiger partial charge is 0.334 e. The minimum absolute atomic E-state index is 0.178. The van der Waals surface area contributed by atoms with Gasteiger partial charge in [0, 0.05) is 19.8 Å². The van der Waals surface area contributed by atoms with Crippen LogP contribution in [0.1, 0.15) is 34.5 Å². The molecule has 0 aliphatic carbocycles. The fourth-order valence-electron chi connectivity index (χ4n) is 2.81. The highest BCUT2D eigenvalue weighted by molar-refractivity contribution is 9.10. The molecule has 0 N–H and O–H groups in total. The lowest BCUT2D eigenvalue weighted by Gasteiger charge is -2.17. The van der Waals surface area contributed by atoms with Crippen molar-refractivity contribution in [2.45, 2.75) is 40.5 Å². The standard InChI is InChI=1S/C17H21BrClN7O/c1-5-25-15(13(19)8-20-25)9-23(4)17(27)14-6-7-24(22-14)10-26-12(3)16(18)11(2)21-26/h6-8H,5,9-10H2,1-4H3. The number of amides is 1. The minimum Gasteiger partial charge on any atom is -0.334 e. The molecule has 1 amide bonds. The van der Waals surface area contributed by atoms with Gasteiger partial charge in [-0.3, -0.25) is 14.2 Å². The van der Waals surface area contributed by atoms with Crippen LogP contribution in [0, 0.1) is 13.8 Å². The Morgan fingerprint density at radius 2 is 2.04 bits per heavy atom. The molecule has 10 heteroatoms. The molecule has 0 radical (unpaired) electrons. The van der Waals surface area contributed by atoms with Crippen LogP contribution in [0.4, 0.5) is 0 Å². The van der Waals surface area contributed by atoms with E-state index >= 15 is 0 Å². The highest BCUT2D eigenvalue weighted by atomic mass is 79.9. The lowest BCUT2D eigenvalue weighted by molar-refractivity contribution is 0.0774. The fraction of sp³-hybridized carbons (Fsp3) is 0.412. The predicted molar refractivity (Wildman–Crippen MR) is 106 cm³/mol. The van der Waals surface area contributed by atoms with E-state index in [1.54, 1.807) is 39.8 Å². The average Bonchev–Trinajstić information content (AvgIpc) is 3.31. The first-order valence-corrected chi connectivity index (χ1v) is 9.67. The number of rotatable bonds is 6. The van der Waals surface area contributed by atoms with Gasteiger partial charge in [-0.15, -0.1) is 0 Å². The smallest absolute Gasteiger partial charge is 0.274 e. The van der Waals surface area contributed by atoms with Crippen molar-refractivity contribution in [2.75, 3.05) is 7.05 Å². The Labute approximate surface area is 170 Å². The zero-order chi connectivity index (χ0) is 19.7. The van der Waals surface area contributed by atoms with Crippen LogP contribution in [-0.4, -0.2) is 47.2 Å². The Morgan fingerprint density at radius 1 is 1.30 bits per heavy atom. The van der Waals surface area contributed by atoms with E-state index in [-0.39, 0.29) is 5.91 Å². The van der Waals surface area contributed by atoms with Crippen LogP contribution < -0.4 is 0 Å². The van der Waals surface area contributed by atoms with Gasteiger partial charge in [0.1, 0.15) is 12.4 Å². The number of aromatic nitrogens is 6. The number of carbonyl (C=O) groups is 1. The van der Waals surface area contributed by atoms with Crippen molar-refractivity contribution in [3.63, 3.8) is 0 Å². The van der Waals surface area contributed by atoms with Crippen LogP contribution in [0.15, 0.2) is 22.9 Å². The van der Waals surface area contributed by atoms with Gasteiger partial charge < -0.3 is 4.90 Å². The molecule has 0 saturated heterocycles. The summed E-state index contributed by atoms with van der Waals surface area (Å²) in [6.45, 7) is 7.39. The molecule has 0 atom stereocenters. The summed E-state index contributed by atoms with van der Waals surface area (Å²) in [7, 11) is 1.73. The predicted octanol–water partition coefficient (Wildman–Crippen LogP) is 3.11. The molecule has 0 fully saturated rings. The van der Waals surface area contributed by atoms with Gasteiger partial charge in [0.2, 0.25) is 0 Å². The number of aryl methyl sites for hydroxylation is 2. The quantitative estimate of drug-likeness (QED) is 0.574. The van der Waals surface area contributed by atoms with Gasteiger partial charge in [-0.1, -0.05) is 11.6 Å². The molecule has 0 saturated carbocycles. The third-order valence-corrected chi connectivity index (χ3v) is 5.83. The zero-order valence-corrected chi connectivity index (χ0v) is 18.0. The highest BCUT2D eigenvalue weighted by Crippen LogP contribution is 2.20. The van der Waals surface area contributed by atoms with Crippen molar-refractivity contribution < 1.29 is 4.79 Å². The van der Waals surface area contributed by atoms with Crippen molar-refractivity contribution in [3.05, 3.63) is 50.7 Å². The van der Waals surface area contributed by atoms with Crippen LogP contribution >= 0.6 is 27.5 Å². The number of hydrogen-bond acceptors (Lipinski definition) is 4. The molecule has 0 aromatic carbocycles. The van der Waals surface area contributed by atoms with Crippen LogP contribution in [-0.2, 0) is 19.8 Å². The second-order valence-electron chi connectivity index (χ2n) is 6.28. The Balaban J connectivity index is 1.72. The normalized spacial score (nSPS) is 11.2. The van der Waals surface area contributed by atoms with Gasteiger partial charge in [0.05, 0.1) is 39.3 Å². The molecular formula is C17H21BrClN7O. The maximum Gasteiger partial charge on any atom is 0.274 e. The summed E-state index contributed by atoms with van der Waals surface area (Å²) in [4.78, 5) is 14.3. The number of nitrogens with zero attached hydrogens (tertiary/aromatic N) is 7. The third-order valence-electron chi connectivity index (χ3n) is 4.36. The molecule has 27 heavy (non-hydrogen) atoms. The fourth-order valence-corrected chi connectivity index (χ4v) is 3.30. The number of hydrogen-bond donors (Lipinski definition) is 0. The van der Waals surface area contributed by atoms with E-state index in [0.717, 1.165) is 21.6 Å². The zero-order valence-electron chi connectivity index (χ0n) is 15.6. The summed E-state index contributed by atoms with van der Waals surface area (Å²) in [5.41, 5.74) is 3.11. The topological polar surface area (TPSA) is 73.8 Å². The molecular weight excluding hydrogens is 434 g/mol. The van der Waals surface area contributed by atoms with Gasteiger partial charge in [-0.2, -0.15) is 15.3 Å². The van der Waals surface area contributed by atoms with E-state index in [4.69, 9.17) is 11.6 Å². The summed E-state index contributed by atoms with van der Waals surface area (Å²) in [5.74, 6) is -0.178. The second-order valence-corrected chi connectivity index (χ2v) is 7.48. The van der Waals surface area contributed by atoms with Gasteiger partial charge in [-0.05, 0) is 42.8 Å². The van der Waals surface area contributed by atoms with E-state index in [2.05, 4.69) is 31.2 Å². The summed E-state index contributed by atoms with van der Waals surface area (Å²) in [6.07, 6.45) is 3.37. The van der Waals surface area contributed by atoms with E-state index in [1.165, 1.54) is 0 Å². The molecule has 3 rings (SSSR count). The van der Waals surface area contributed by atoms with Crippen LogP contribution in [0.5, 0.6) is 0 Å². The first-order valence-electron chi connectivity index (χ1n) is 8.50. The van der Waals surface area contributed by atoms with Gasteiger partial charge in [0.15, 0.2) is 0 Å². The molecule has 3 aromatic heterocycles. The van der Waals surface area contributed by atoms with Gasteiger partial charge in [0.25, 0.3) is 5.91 Å². The van der Waals surface area contributed by atoms with Gasteiger partial charge >= 0.3 is 0 Å². The average molecular weight is 455 g/mol. The minimum atomic E-state index is -0.178. The van der Waals surface area contributed by atoms with Gasteiger partial charge in [-0.25, -0.2) is 4.68 Å². The molecule has 0 aliphatic rings.